The number of carbonyl (C=O) groups excluding carboxylic acids is 1. The number of carbonyl (C=O) groups is 2. The SMILES string of the molecule is O=C(NC1(C(=O)O)CC1)c1cc(F)cc([N+](=O)[O-])c1F. The van der Waals surface area contributed by atoms with Crippen LogP contribution in [0.25, 0.3) is 0 Å². The van der Waals surface area contributed by atoms with E-state index in [9.17, 15) is 28.5 Å². The molecular weight excluding hydrogens is 278 g/mol. The van der Waals surface area contributed by atoms with Crippen LogP contribution in [-0.4, -0.2) is 27.4 Å². The first-order valence-corrected chi connectivity index (χ1v) is 5.46. The first kappa shape index (κ1) is 13.8. The van der Waals surface area contributed by atoms with Gasteiger partial charge in [0, 0.05) is 0 Å². The van der Waals surface area contributed by atoms with E-state index >= 15 is 0 Å². The van der Waals surface area contributed by atoms with E-state index in [1.807, 2.05) is 5.32 Å². The quantitative estimate of drug-likeness (QED) is 0.638. The zero-order valence-electron chi connectivity index (χ0n) is 9.85. The summed E-state index contributed by atoms with van der Waals surface area (Å²) < 4.78 is 26.9. The van der Waals surface area contributed by atoms with E-state index in [2.05, 4.69) is 0 Å². The van der Waals surface area contributed by atoms with E-state index in [1.54, 1.807) is 0 Å². The van der Waals surface area contributed by atoms with Crippen LogP contribution in [0.5, 0.6) is 0 Å². The van der Waals surface area contributed by atoms with Crippen molar-refractivity contribution in [2.45, 2.75) is 18.4 Å². The van der Waals surface area contributed by atoms with Gasteiger partial charge >= 0.3 is 11.7 Å². The van der Waals surface area contributed by atoms with Crippen LogP contribution >= 0.6 is 0 Å². The van der Waals surface area contributed by atoms with Crippen molar-refractivity contribution >= 4 is 17.6 Å². The summed E-state index contributed by atoms with van der Waals surface area (Å²) in [7, 11) is 0. The van der Waals surface area contributed by atoms with Crippen molar-refractivity contribution in [2.75, 3.05) is 0 Å². The molecule has 0 aromatic heterocycles. The van der Waals surface area contributed by atoms with Crippen LogP contribution in [0.3, 0.4) is 0 Å². The number of aliphatic carboxylic acids is 1. The molecule has 20 heavy (non-hydrogen) atoms. The maximum absolute atomic E-state index is 13.7. The normalized spacial score (nSPS) is 15.5. The summed E-state index contributed by atoms with van der Waals surface area (Å²) in [6, 6.07) is 0.825. The minimum absolute atomic E-state index is 0.160. The minimum atomic E-state index is -1.50. The van der Waals surface area contributed by atoms with Gasteiger partial charge < -0.3 is 10.4 Å². The number of nitro groups is 1. The van der Waals surface area contributed by atoms with Gasteiger partial charge in [0.2, 0.25) is 5.82 Å². The first-order chi connectivity index (χ1) is 9.27. The molecule has 1 amide bonds. The Hall–Kier alpha value is -2.58. The molecule has 0 unspecified atom stereocenters. The second-order valence-electron chi connectivity index (χ2n) is 4.38. The Bertz CT molecular complexity index is 627. The summed E-state index contributed by atoms with van der Waals surface area (Å²) in [4.78, 5) is 32.0. The molecule has 0 aliphatic heterocycles. The fourth-order valence-corrected chi connectivity index (χ4v) is 1.67. The maximum atomic E-state index is 13.7. The molecule has 0 atom stereocenters. The number of rotatable bonds is 4. The number of halogens is 2. The Kier molecular flexibility index (Phi) is 3.12. The molecule has 1 aliphatic carbocycles. The Morgan fingerprint density at radius 3 is 2.40 bits per heavy atom. The lowest BCUT2D eigenvalue weighted by atomic mass is 10.1. The number of nitrogens with one attached hydrogen (secondary N) is 1. The van der Waals surface area contributed by atoms with Crippen molar-refractivity contribution in [2.24, 2.45) is 0 Å². The number of nitro benzene ring substituents is 1. The molecule has 0 bridgehead atoms. The van der Waals surface area contributed by atoms with Crippen molar-refractivity contribution in [3.8, 4) is 0 Å². The van der Waals surface area contributed by atoms with E-state index < -0.39 is 45.2 Å². The van der Waals surface area contributed by atoms with Gasteiger partial charge in [-0.25, -0.2) is 9.18 Å². The second-order valence-corrected chi connectivity index (χ2v) is 4.38. The number of carboxylic acid groups (broad SMARTS) is 1. The third kappa shape index (κ3) is 2.29. The van der Waals surface area contributed by atoms with Crippen LogP contribution in [0.4, 0.5) is 14.5 Å². The summed E-state index contributed by atoms with van der Waals surface area (Å²) >= 11 is 0. The number of benzene rings is 1. The fourth-order valence-electron chi connectivity index (χ4n) is 1.67. The predicted molar refractivity (Wildman–Crippen MR) is 60.1 cm³/mol. The number of hydrogen-bond acceptors (Lipinski definition) is 4. The molecule has 0 saturated heterocycles. The van der Waals surface area contributed by atoms with Crippen molar-refractivity contribution in [3.63, 3.8) is 0 Å². The van der Waals surface area contributed by atoms with Gasteiger partial charge in [-0.15, -0.1) is 0 Å². The Balaban J connectivity index is 2.36. The Morgan fingerprint density at radius 2 is 1.95 bits per heavy atom. The van der Waals surface area contributed by atoms with Gasteiger partial charge in [-0.2, -0.15) is 4.39 Å². The lowest BCUT2D eigenvalue weighted by molar-refractivity contribution is -0.387. The average Bonchev–Trinajstić information content (AvgIpc) is 3.12. The number of hydrogen-bond donors (Lipinski definition) is 2. The van der Waals surface area contributed by atoms with E-state index in [0.29, 0.717) is 12.1 Å². The third-order valence-electron chi connectivity index (χ3n) is 2.97. The average molecular weight is 286 g/mol. The monoisotopic (exact) mass is 286 g/mol. The highest BCUT2D eigenvalue weighted by Gasteiger charge is 2.52. The molecule has 2 N–H and O–H groups in total. The maximum Gasteiger partial charge on any atom is 0.329 e. The van der Waals surface area contributed by atoms with Crippen LogP contribution in [0, 0.1) is 21.7 Å². The first-order valence-electron chi connectivity index (χ1n) is 5.46. The van der Waals surface area contributed by atoms with Gasteiger partial charge in [0.25, 0.3) is 5.91 Å². The fraction of sp³-hybridized carbons (Fsp3) is 0.273. The molecule has 1 aromatic carbocycles. The highest BCUT2D eigenvalue weighted by atomic mass is 19.1. The zero-order chi connectivity index (χ0) is 15.1. The molecule has 0 heterocycles. The van der Waals surface area contributed by atoms with E-state index in [-0.39, 0.29) is 12.8 Å². The summed E-state index contributed by atoms with van der Waals surface area (Å²) in [5.74, 6) is -5.17. The van der Waals surface area contributed by atoms with Crippen LogP contribution < -0.4 is 5.32 Å². The van der Waals surface area contributed by atoms with Gasteiger partial charge in [-0.1, -0.05) is 0 Å². The molecule has 1 aliphatic rings. The molecule has 2 rings (SSSR count). The standard InChI is InChI=1S/C11H8F2N2O5/c12-5-3-6(8(13)7(4-5)15(19)20)9(16)14-11(1-2-11)10(17)18/h3-4H,1-2H2,(H,14,16)(H,17,18). The molecule has 1 aromatic rings. The summed E-state index contributed by atoms with van der Waals surface area (Å²) in [5.41, 5.74) is -3.58. The van der Waals surface area contributed by atoms with Crippen molar-refractivity contribution in [1.29, 1.82) is 0 Å². The number of nitrogens with zero attached hydrogens (tertiary/aromatic N) is 1. The predicted octanol–water partition coefficient (Wildman–Crippen LogP) is 1.22. The third-order valence-corrected chi connectivity index (χ3v) is 2.97. The van der Waals surface area contributed by atoms with Crippen molar-refractivity contribution in [3.05, 3.63) is 39.4 Å². The van der Waals surface area contributed by atoms with Gasteiger partial charge in [-0.3, -0.25) is 14.9 Å². The molecule has 7 nitrogen and oxygen atoms in total. The van der Waals surface area contributed by atoms with Crippen molar-refractivity contribution in [1.82, 2.24) is 5.32 Å². The van der Waals surface area contributed by atoms with Gasteiger partial charge in [0.1, 0.15) is 11.4 Å². The molecular formula is C11H8F2N2O5. The topological polar surface area (TPSA) is 110 Å². The number of carboxylic acids is 1. The molecule has 0 radical (unpaired) electrons. The van der Waals surface area contributed by atoms with E-state index in [0.717, 1.165) is 0 Å². The highest BCUT2D eigenvalue weighted by Crippen LogP contribution is 2.36. The highest BCUT2D eigenvalue weighted by molar-refractivity contribution is 5.99. The van der Waals surface area contributed by atoms with E-state index in [1.165, 1.54) is 0 Å². The summed E-state index contributed by atoms with van der Waals surface area (Å²) in [6.45, 7) is 0. The van der Waals surface area contributed by atoms with Crippen molar-refractivity contribution < 1.29 is 28.4 Å². The van der Waals surface area contributed by atoms with Gasteiger partial charge in [0.15, 0.2) is 0 Å². The number of amides is 1. The van der Waals surface area contributed by atoms with Crippen LogP contribution in [-0.2, 0) is 4.79 Å². The minimum Gasteiger partial charge on any atom is -0.480 e. The lowest BCUT2D eigenvalue weighted by Crippen LogP contribution is -2.43. The smallest absolute Gasteiger partial charge is 0.329 e. The second kappa shape index (κ2) is 4.51. The Labute approximate surface area is 110 Å². The molecule has 1 fully saturated rings. The molecule has 9 heteroatoms. The van der Waals surface area contributed by atoms with Crippen LogP contribution in [0.1, 0.15) is 23.2 Å². The zero-order valence-corrected chi connectivity index (χ0v) is 9.85. The summed E-state index contributed by atoms with van der Waals surface area (Å²) in [6.07, 6.45) is 0.320. The lowest BCUT2D eigenvalue weighted by Gasteiger charge is -2.12. The molecule has 1 saturated carbocycles. The van der Waals surface area contributed by atoms with Gasteiger partial charge in [0.05, 0.1) is 16.6 Å². The summed E-state index contributed by atoms with van der Waals surface area (Å²) in [5, 5.41) is 21.5. The van der Waals surface area contributed by atoms with Crippen LogP contribution in [0.2, 0.25) is 0 Å². The molecule has 0 spiro atoms. The van der Waals surface area contributed by atoms with Crippen LogP contribution in [0.15, 0.2) is 12.1 Å². The van der Waals surface area contributed by atoms with Gasteiger partial charge in [-0.05, 0) is 18.9 Å². The largest absolute Gasteiger partial charge is 0.480 e. The molecule has 106 valence electrons. The Morgan fingerprint density at radius 1 is 1.35 bits per heavy atom. The van der Waals surface area contributed by atoms with E-state index in [4.69, 9.17) is 5.11 Å².